The van der Waals surface area contributed by atoms with Crippen molar-refractivity contribution in [1.82, 2.24) is 23.4 Å². The van der Waals surface area contributed by atoms with Crippen molar-refractivity contribution in [2.45, 2.75) is 13.0 Å². The van der Waals surface area contributed by atoms with Gasteiger partial charge in [0, 0.05) is 45.8 Å². The van der Waals surface area contributed by atoms with Crippen molar-refractivity contribution < 1.29 is 17.6 Å². The minimum Gasteiger partial charge on any atom is -0.319 e. The van der Waals surface area contributed by atoms with Gasteiger partial charge in [-0.2, -0.15) is 17.0 Å². The lowest BCUT2D eigenvalue weighted by molar-refractivity contribution is 0.100. The Morgan fingerprint density at radius 2 is 1.96 bits per heavy atom. The van der Waals surface area contributed by atoms with E-state index >= 15 is 0 Å². The molecule has 2 aliphatic heterocycles. The maximum atomic E-state index is 13.3. The molecule has 150 valence electrons. The number of carbonyl (C=O) groups excluding carboxylic acids is 1. The molecule has 2 atom stereocenters. The standard InChI is InChI=1S/C17H21FN6O3S/c1-22(2)28(26,27)23-8-11-6-15-20-21-16(24(15)10-12(11)9-23)17(25)19-14-5-3-4-13(18)7-14/h3-5,7,11-12H,6,8-10H2,1-2H3,(H,19,25)/t11-,12+/m0/s1. The fourth-order valence-electron chi connectivity index (χ4n) is 3.82. The number of hydrogen-bond acceptors (Lipinski definition) is 5. The van der Waals surface area contributed by atoms with Crippen LogP contribution in [0.1, 0.15) is 16.4 Å². The predicted molar refractivity (Wildman–Crippen MR) is 99.2 cm³/mol. The van der Waals surface area contributed by atoms with Gasteiger partial charge in [-0.15, -0.1) is 10.2 Å². The first kappa shape index (κ1) is 19.0. The maximum absolute atomic E-state index is 13.3. The molecule has 28 heavy (non-hydrogen) atoms. The number of rotatable bonds is 4. The molecule has 0 bridgehead atoms. The van der Waals surface area contributed by atoms with Gasteiger partial charge in [0.15, 0.2) is 0 Å². The number of halogens is 1. The minimum absolute atomic E-state index is 0.0824. The lowest BCUT2D eigenvalue weighted by Gasteiger charge is -2.25. The number of nitrogens with zero attached hydrogens (tertiary/aromatic N) is 5. The third-order valence-corrected chi connectivity index (χ3v) is 7.18. The van der Waals surface area contributed by atoms with Crippen LogP contribution >= 0.6 is 0 Å². The first-order valence-electron chi connectivity index (χ1n) is 8.92. The molecular weight excluding hydrogens is 387 g/mol. The Kier molecular flexibility index (Phi) is 4.68. The number of hydrogen-bond donors (Lipinski definition) is 1. The van der Waals surface area contributed by atoms with E-state index in [9.17, 15) is 17.6 Å². The van der Waals surface area contributed by atoms with Crippen LogP contribution in [-0.2, 0) is 23.2 Å². The molecule has 1 fully saturated rings. The van der Waals surface area contributed by atoms with Crippen LogP contribution in [0.25, 0.3) is 0 Å². The Bertz CT molecular complexity index is 1020. The third-order valence-electron chi connectivity index (χ3n) is 5.31. The summed E-state index contributed by atoms with van der Waals surface area (Å²) in [6.45, 7) is 1.30. The highest BCUT2D eigenvalue weighted by Crippen LogP contribution is 2.34. The summed E-state index contributed by atoms with van der Waals surface area (Å²) in [6.07, 6.45) is 0.560. The van der Waals surface area contributed by atoms with Crippen molar-refractivity contribution in [3.63, 3.8) is 0 Å². The Morgan fingerprint density at radius 3 is 2.68 bits per heavy atom. The maximum Gasteiger partial charge on any atom is 0.293 e. The fraction of sp³-hybridized carbons (Fsp3) is 0.471. The molecular formula is C17H21FN6O3S. The molecule has 1 aromatic carbocycles. The number of aromatic nitrogens is 3. The lowest BCUT2D eigenvalue weighted by atomic mass is 9.89. The van der Waals surface area contributed by atoms with E-state index in [0.717, 1.165) is 0 Å². The van der Waals surface area contributed by atoms with Gasteiger partial charge in [0.2, 0.25) is 5.82 Å². The second kappa shape index (κ2) is 6.90. The zero-order valence-electron chi connectivity index (χ0n) is 15.5. The number of carbonyl (C=O) groups is 1. The van der Waals surface area contributed by atoms with Crippen LogP contribution in [0.4, 0.5) is 10.1 Å². The number of nitrogens with one attached hydrogen (secondary N) is 1. The first-order chi connectivity index (χ1) is 13.3. The van der Waals surface area contributed by atoms with Gasteiger partial charge in [0.05, 0.1) is 0 Å². The molecule has 0 unspecified atom stereocenters. The van der Waals surface area contributed by atoms with E-state index in [1.54, 1.807) is 10.6 Å². The summed E-state index contributed by atoms with van der Waals surface area (Å²) in [5.74, 6) is 0.113. The summed E-state index contributed by atoms with van der Waals surface area (Å²) in [6, 6.07) is 5.61. The average molecular weight is 408 g/mol. The summed E-state index contributed by atoms with van der Waals surface area (Å²) in [7, 11) is -0.440. The summed E-state index contributed by atoms with van der Waals surface area (Å²) in [4.78, 5) is 12.6. The molecule has 0 radical (unpaired) electrons. The molecule has 4 rings (SSSR count). The molecule has 0 spiro atoms. The molecule has 2 aliphatic rings. The Labute approximate surface area is 162 Å². The first-order valence-corrected chi connectivity index (χ1v) is 10.3. The molecule has 9 nitrogen and oxygen atoms in total. The van der Waals surface area contributed by atoms with Crippen LogP contribution < -0.4 is 5.32 Å². The van der Waals surface area contributed by atoms with E-state index in [1.807, 2.05) is 0 Å². The summed E-state index contributed by atoms with van der Waals surface area (Å²) in [5.41, 5.74) is 0.333. The third kappa shape index (κ3) is 3.29. The quantitative estimate of drug-likeness (QED) is 0.798. The van der Waals surface area contributed by atoms with Gasteiger partial charge in [-0.05, 0) is 30.0 Å². The number of benzene rings is 1. The molecule has 0 saturated carbocycles. The van der Waals surface area contributed by atoms with Gasteiger partial charge >= 0.3 is 0 Å². The van der Waals surface area contributed by atoms with Crippen LogP contribution in [-0.4, -0.2) is 64.9 Å². The molecule has 1 N–H and O–H groups in total. The minimum atomic E-state index is -3.47. The summed E-state index contributed by atoms with van der Waals surface area (Å²) >= 11 is 0. The summed E-state index contributed by atoms with van der Waals surface area (Å²) < 4.78 is 42.6. The molecule has 3 heterocycles. The van der Waals surface area contributed by atoms with Gasteiger partial charge in [-0.25, -0.2) is 4.39 Å². The van der Waals surface area contributed by atoms with Gasteiger partial charge in [0.1, 0.15) is 11.6 Å². The smallest absolute Gasteiger partial charge is 0.293 e. The van der Waals surface area contributed by atoms with Crippen molar-refractivity contribution in [3.8, 4) is 0 Å². The van der Waals surface area contributed by atoms with Crippen molar-refractivity contribution in [2.75, 3.05) is 32.5 Å². The van der Waals surface area contributed by atoms with Crippen molar-refractivity contribution in [3.05, 3.63) is 41.7 Å². The monoisotopic (exact) mass is 408 g/mol. The Balaban J connectivity index is 1.52. The van der Waals surface area contributed by atoms with Crippen molar-refractivity contribution in [1.29, 1.82) is 0 Å². The molecule has 1 saturated heterocycles. The van der Waals surface area contributed by atoms with Crippen molar-refractivity contribution >= 4 is 21.8 Å². The van der Waals surface area contributed by atoms with Crippen LogP contribution in [0.2, 0.25) is 0 Å². The topological polar surface area (TPSA) is 100 Å². The largest absolute Gasteiger partial charge is 0.319 e. The van der Waals surface area contributed by atoms with E-state index in [1.165, 1.54) is 40.9 Å². The van der Waals surface area contributed by atoms with E-state index in [0.29, 0.717) is 37.6 Å². The second-order valence-corrected chi connectivity index (χ2v) is 9.49. The predicted octanol–water partition coefficient (Wildman–Crippen LogP) is 0.580. The van der Waals surface area contributed by atoms with E-state index in [2.05, 4.69) is 15.5 Å². The lowest BCUT2D eigenvalue weighted by Crippen LogP contribution is -2.38. The molecule has 1 aromatic heterocycles. The SMILES string of the molecule is CN(C)S(=O)(=O)N1C[C@@H]2Cn3c(nnc3C(=O)Nc3cccc(F)c3)C[C@H]2C1. The van der Waals surface area contributed by atoms with Crippen LogP contribution in [0, 0.1) is 17.7 Å². The molecule has 2 aromatic rings. The highest BCUT2D eigenvalue weighted by Gasteiger charge is 2.43. The number of fused-ring (bicyclic) bond motifs is 2. The number of amides is 1. The normalized spacial score (nSPS) is 22.1. The zero-order valence-corrected chi connectivity index (χ0v) is 16.4. The molecule has 11 heteroatoms. The zero-order chi connectivity index (χ0) is 20.1. The average Bonchev–Trinajstić information content (AvgIpc) is 3.23. The van der Waals surface area contributed by atoms with Gasteiger partial charge in [0.25, 0.3) is 16.1 Å². The van der Waals surface area contributed by atoms with E-state index < -0.39 is 21.9 Å². The Hall–Kier alpha value is -2.37. The Morgan fingerprint density at radius 1 is 1.21 bits per heavy atom. The van der Waals surface area contributed by atoms with Crippen LogP contribution in [0.15, 0.2) is 24.3 Å². The van der Waals surface area contributed by atoms with Gasteiger partial charge in [-0.3, -0.25) is 4.79 Å². The highest BCUT2D eigenvalue weighted by molar-refractivity contribution is 7.86. The fourth-order valence-corrected chi connectivity index (χ4v) is 5.04. The van der Waals surface area contributed by atoms with Crippen LogP contribution in [0.5, 0.6) is 0 Å². The van der Waals surface area contributed by atoms with Crippen molar-refractivity contribution in [2.24, 2.45) is 11.8 Å². The summed E-state index contributed by atoms with van der Waals surface area (Å²) in [5, 5.41) is 10.8. The van der Waals surface area contributed by atoms with Crippen LogP contribution in [0.3, 0.4) is 0 Å². The number of anilines is 1. The highest BCUT2D eigenvalue weighted by atomic mass is 32.2. The van der Waals surface area contributed by atoms with Gasteiger partial charge in [-0.1, -0.05) is 6.07 Å². The molecule has 1 amide bonds. The molecule has 0 aliphatic carbocycles. The second-order valence-electron chi connectivity index (χ2n) is 7.35. The van der Waals surface area contributed by atoms with Gasteiger partial charge < -0.3 is 9.88 Å². The van der Waals surface area contributed by atoms with E-state index in [-0.39, 0.29) is 17.7 Å². The van der Waals surface area contributed by atoms with E-state index in [4.69, 9.17) is 0 Å².